The molecule has 0 aliphatic heterocycles. The molecule has 0 aliphatic rings. The van der Waals surface area contributed by atoms with Gasteiger partial charge in [-0.3, -0.25) is 4.40 Å². The molecule has 0 unspecified atom stereocenters. The van der Waals surface area contributed by atoms with Gasteiger partial charge in [-0.05, 0) is 42.8 Å². The van der Waals surface area contributed by atoms with Crippen LogP contribution in [0.2, 0.25) is 5.02 Å². The summed E-state index contributed by atoms with van der Waals surface area (Å²) in [6, 6.07) is 12.9. The van der Waals surface area contributed by atoms with Crippen molar-refractivity contribution in [3.63, 3.8) is 0 Å². The fourth-order valence-corrected chi connectivity index (χ4v) is 3.11. The molecule has 2 heterocycles. The van der Waals surface area contributed by atoms with Crippen molar-refractivity contribution in [3.8, 4) is 0 Å². The molecule has 4 aromatic rings. The number of hydrogen-bond donors (Lipinski definition) is 1. The van der Waals surface area contributed by atoms with Crippen molar-refractivity contribution in [2.24, 2.45) is 0 Å². The highest BCUT2D eigenvalue weighted by Gasteiger charge is 2.13. The number of anilines is 1. The zero-order chi connectivity index (χ0) is 19.0. The second kappa shape index (κ2) is 6.89. The number of esters is 1. The summed E-state index contributed by atoms with van der Waals surface area (Å²) in [5.74, 6) is 0.254. The summed E-state index contributed by atoms with van der Waals surface area (Å²) in [6.07, 6.45) is 1.93. The average molecular weight is 381 g/mol. The van der Waals surface area contributed by atoms with Crippen LogP contribution in [0.4, 0.5) is 5.95 Å². The number of ether oxygens (including phenoxy) is 1. The van der Waals surface area contributed by atoms with Crippen LogP contribution in [0.1, 0.15) is 21.6 Å². The van der Waals surface area contributed by atoms with Crippen LogP contribution in [0.3, 0.4) is 0 Å². The van der Waals surface area contributed by atoms with Gasteiger partial charge in [0.05, 0.1) is 23.9 Å². The van der Waals surface area contributed by atoms with Crippen LogP contribution >= 0.6 is 11.6 Å². The number of carbonyl (C=O) groups is 1. The molecule has 0 radical (unpaired) electrons. The Morgan fingerprint density at radius 2 is 1.96 bits per heavy atom. The van der Waals surface area contributed by atoms with Crippen molar-refractivity contribution in [3.05, 3.63) is 70.5 Å². The minimum atomic E-state index is -0.395. The molecule has 7 heteroatoms. The lowest BCUT2D eigenvalue weighted by atomic mass is 10.1. The van der Waals surface area contributed by atoms with Gasteiger partial charge in [0, 0.05) is 23.2 Å². The van der Waals surface area contributed by atoms with Crippen LogP contribution in [0, 0.1) is 6.92 Å². The Morgan fingerprint density at radius 3 is 2.70 bits per heavy atom. The molecule has 2 aromatic heterocycles. The number of nitrogens with zero attached hydrogens (tertiary/aromatic N) is 3. The smallest absolute Gasteiger partial charge is 0.337 e. The summed E-state index contributed by atoms with van der Waals surface area (Å²) in [4.78, 5) is 21.2. The van der Waals surface area contributed by atoms with Crippen LogP contribution in [0.5, 0.6) is 0 Å². The van der Waals surface area contributed by atoms with E-state index in [1.54, 1.807) is 12.1 Å². The second-order valence-corrected chi connectivity index (χ2v) is 6.65. The average Bonchev–Trinajstić information content (AvgIpc) is 3.08. The Hall–Kier alpha value is -3.12. The Labute approximate surface area is 160 Å². The lowest BCUT2D eigenvalue weighted by Crippen LogP contribution is -2.07. The van der Waals surface area contributed by atoms with Gasteiger partial charge < -0.3 is 10.1 Å². The molecule has 0 atom stereocenters. The first-order chi connectivity index (χ1) is 13.0. The molecule has 1 N–H and O–H groups in total. The van der Waals surface area contributed by atoms with Crippen LogP contribution in [0.15, 0.2) is 48.7 Å². The Morgan fingerprint density at radius 1 is 1.19 bits per heavy atom. The van der Waals surface area contributed by atoms with E-state index in [0.717, 1.165) is 22.3 Å². The van der Waals surface area contributed by atoms with Gasteiger partial charge in [-0.15, -0.1) is 0 Å². The van der Waals surface area contributed by atoms with Gasteiger partial charge in [0.15, 0.2) is 0 Å². The third kappa shape index (κ3) is 3.31. The molecular weight excluding hydrogens is 364 g/mol. The molecule has 6 nitrogen and oxygen atoms in total. The standard InChI is InChI=1S/C20H17ClN4O2/c1-12-11-25-18(23-12)16-8-5-14(19(26)27-2)9-17(16)24-20(25)22-10-13-3-6-15(21)7-4-13/h3-9,11H,10H2,1-2H3,(H,22,24). The summed E-state index contributed by atoms with van der Waals surface area (Å²) in [5, 5.41) is 4.91. The second-order valence-electron chi connectivity index (χ2n) is 6.21. The Balaban J connectivity index is 1.79. The van der Waals surface area contributed by atoms with Crippen molar-refractivity contribution < 1.29 is 9.53 Å². The van der Waals surface area contributed by atoms with E-state index in [0.29, 0.717) is 28.6 Å². The monoisotopic (exact) mass is 380 g/mol. The molecule has 136 valence electrons. The number of halogens is 1. The number of aromatic nitrogens is 3. The molecule has 0 aliphatic carbocycles. The quantitative estimate of drug-likeness (QED) is 0.536. The third-order valence-electron chi connectivity index (χ3n) is 4.30. The first kappa shape index (κ1) is 17.3. The van der Waals surface area contributed by atoms with Crippen LogP contribution in [0.25, 0.3) is 16.6 Å². The van der Waals surface area contributed by atoms with E-state index in [2.05, 4.69) is 10.3 Å². The largest absolute Gasteiger partial charge is 0.465 e. The van der Waals surface area contributed by atoms with E-state index in [-0.39, 0.29) is 0 Å². The van der Waals surface area contributed by atoms with E-state index in [1.807, 2.05) is 47.9 Å². The number of hydrogen-bond acceptors (Lipinski definition) is 5. The first-order valence-corrected chi connectivity index (χ1v) is 8.79. The number of fused-ring (bicyclic) bond motifs is 3. The molecule has 0 fully saturated rings. The highest BCUT2D eigenvalue weighted by molar-refractivity contribution is 6.30. The van der Waals surface area contributed by atoms with Gasteiger partial charge in [-0.2, -0.15) is 0 Å². The first-order valence-electron chi connectivity index (χ1n) is 8.41. The number of carbonyl (C=O) groups excluding carboxylic acids is 1. The minimum absolute atomic E-state index is 0.395. The lowest BCUT2D eigenvalue weighted by Gasteiger charge is -2.11. The van der Waals surface area contributed by atoms with E-state index in [4.69, 9.17) is 21.3 Å². The number of benzene rings is 2. The van der Waals surface area contributed by atoms with Gasteiger partial charge in [-0.1, -0.05) is 23.7 Å². The van der Waals surface area contributed by atoms with Crippen molar-refractivity contribution in [1.82, 2.24) is 14.4 Å². The highest BCUT2D eigenvalue weighted by atomic mass is 35.5. The maximum atomic E-state index is 11.9. The van der Waals surface area contributed by atoms with Crippen LogP contribution < -0.4 is 5.32 Å². The SMILES string of the molecule is COC(=O)c1ccc2c(c1)nc(NCc1ccc(Cl)cc1)n1cc(C)nc21. The van der Waals surface area contributed by atoms with Crippen molar-refractivity contribution in [2.75, 3.05) is 12.4 Å². The molecule has 0 bridgehead atoms. The number of nitrogens with one attached hydrogen (secondary N) is 1. The molecule has 2 aromatic carbocycles. The summed E-state index contributed by atoms with van der Waals surface area (Å²) in [5.41, 5.74) is 3.88. The van der Waals surface area contributed by atoms with E-state index >= 15 is 0 Å². The van der Waals surface area contributed by atoms with Gasteiger partial charge >= 0.3 is 5.97 Å². The number of imidazole rings is 1. The predicted octanol–water partition coefficient (Wildman–Crippen LogP) is 4.24. The third-order valence-corrected chi connectivity index (χ3v) is 4.56. The number of aryl methyl sites for hydroxylation is 1. The molecule has 0 amide bonds. The summed E-state index contributed by atoms with van der Waals surface area (Å²) in [7, 11) is 1.36. The molecule has 0 spiro atoms. The molecular formula is C20H17ClN4O2. The number of methoxy groups -OCH3 is 1. The lowest BCUT2D eigenvalue weighted by molar-refractivity contribution is 0.0601. The van der Waals surface area contributed by atoms with Gasteiger partial charge in [-0.25, -0.2) is 14.8 Å². The molecule has 4 rings (SSSR count). The summed E-state index contributed by atoms with van der Waals surface area (Å²) >= 11 is 5.94. The van der Waals surface area contributed by atoms with Crippen LogP contribution in [-0.2, 0) is 11.3 Å². The van der Waals surface area contributed by atoms with Crippen LogP contribution in [-0.4, -0.2) is 27.4 Å². The van der Waals surface area contributed by atoms with Crippen molar-refractivity contribution in [1.29, 1.82) is 0 Å². The highest BCUT2D eigenvalue weighted by Crippen LogP contribution is 2.24. The molecule has 27 heavy (non-hydrogen) atoms. The van der Waals surface area contributed by atoms with Crippen molar-refractivity contribution >= 4 is 40.1 Å². The Bertz CT molecular complexity index is 1150. The summed E-state index contributed by atoms with van der Waals surface area (Å²) < 4.78 is 6.73. The van der Waals surface area contributed by atoms with E-state index < -0.39 is 5.97 Å². The normalized spacial score (nSPS) is 11.1. The molecule has 0 saturated heterocycles. The summed E-state index contributed by atoms with van der Waals surface area (Å²) in [6.45, 7) is 2.52. The fourth-order valence-electron chi connectivity index (χ4n) is 2.98. The number of rotatable bonds is 4. The van der Waals surface area contributed by atoms with Crippen molar-refractivity contribution in [2.45, 2.75) is 13.5 Å². The van der Waals surface area contributed by atoms with Gasteiger partial charge in [0.1, 0.15) is 5.65 Å². The maximum absolute atomic E-state index is 11.9. The van der Waals surface area contributed by atoms with E-state index in [1.165, 1.54) is 7.11 Å². The topological polar surface area (TPSA) is 68.5 Å². The van der Waals surface area contributed by atoms with Gasteiger partial charge in [0.2, 0.25) is 5.95 Å². The predicted molar refractivity (Wildman–Crippen MR) is 105 cm³/mol. The fraction of sp³-hybridized carbons (Fsp3) is 0.150. The minimum Gasteiger partial charge on any atom is -0.465 e. The maximum Gasteiger partial charge on any atom is 0.337 e. The van der Waals surface area contributed by atoms with Gasteiger partial charge in [0.25, 0.3) is 0 Å². The molecule has 0 saturated carbocycles. The zero-order valence-corrected chi connectivity index (χ0v) is 15.6. The Kier molecular flexibility index (Phi) is 4.41. The van der Waals surface area contributed by atoms with E-state index in [9.17, 15) is 4.79 Å². The zero-order valence-electron chi connectivity index (χ0n) is 14.9.